The van der Waals surface area contributed by atoms with Crippen molar-refractivity contribution in [3.8, 4) is 0 Å². The van der Waals surface area contributed by atoms with Crippen molar-refractivity contribution in [3.63, 3.8) is 0 Å². The Morgan fingerprint density at radius 1 is 0.842 bits per heavy atom. The monoisotopic (exact) mass is 510 g/mol. The molecule has 4 rings (SSSR count). The molecule has 0 aliphatic rings. The number of guanidine groups is 1. The van der Waals surface area contributed by atoms with E-state index in [0.717, 1.165) is 27.2 Å². The quantitative estimate of drug-likeness (QED) is 0.140. The molecular weight excluding hydrogens is 476 g/mol. The summed E-state index contributed by atoms with van der Waals surface area (Å²) in [4.78, 5) is 31.9. The van der Waals surface area contributed by atoms with E-state index < -0.39 is 6.04 Å². The SMILES string of the molecule is CN(C(=O)[C@H](CCCN=C(N)N)NCCNC(=O)c1ccc2ccccc2c1)c1ccc2ccccc2c1. The van der Waals surface area contributed by atoms with Crippen LogP contribution < -0.4 is 27.0 Å². The molecule has 1 atom stereocenters. The predicted molar refractivity (Wildman–Crippen MR) is 155 cm³/mol. The highest BCUT2D eigenvalue weighted by atomic mass is 16.2. The second kappa shape index (κ2) is 12.7. The number of nitrogens with one attached hydrogen (secondary N) is 2. The zero-order chi connectivity index (χ0) is 26.9. The standard InChI is InChI=1S/C30H34N6O2/c1-36(26-15-14-22-8-3-5-10-24(22)20-26)29(38)27(11-6-16-35-30(31)32)33-17-18-34-28(37)25-13-12-21-7-2-4-9-23(21)19-25/h2-5,7-10,12-15,19-20,27,33H,6,11,16-18H2,1H3,(H,34,37)(H4,31,32,35)/t27-/m0/s1. The largest absolute Gasteiger partial charge is 0.370 e. The van der Waals surface area contributed by atoms with Crippen LogP contribution >= 0.6 is 0 Å². The van der Waals surface area contributed by atoms with Gasteiger partial charge in [0.15, 0.2) is 5.96 Å². The Bertz CT molecular complexity index is 1450. The van der Waals surface area contributed by atoms with Gasteiger partial charge in [0.05, 0.1) is 6.04 Å². The molecule has 0 aromatic heterocycles. The first-order valence-corrected chi connectivity index (χ1v) is 12.7. The van der Waals surface area contributed by atoms with Gasteiger partial charge in [-0.05, 0) is 58.7 Å². The first-order chi connectivity index (χ1) is 18.4. The van der Waals surface area contributed by atoms with Crippen molar-refractivity contribution in [2.75, 3.05) is 31.6 Å². The van der Waals surface area contributed by atoms with Gasteiger partial charge in [-0.2, -0.15) is 0 Å². The van der Waals surface area contributed by atoms with Gasteiger partial charge in [0.25, 0.3) is 5.91 Å². The maximum atomic E-state index is 13.5. The molecule has 0 saturated heterocycles. The lowest BCUT2D eigenvalue weighted by atomic mass is 10.1. The Hall–Kier alpha value is -4.43. The fraction of sp³-hybridized carbons (Fsp3) is 0.233. The van der Waals surface area contributed by atoms with Gasteiger partial charge in [0.1, 0.15) is 0 Å². The molecular formula is C30H34N6O2. The van der Waals surface area contributed by atoms with Crippen LogP contribution in [0, 0.1) is 0 Å². The van der Waals surface area contributed by atoms with Crippen molar-refractivity contribution in [2.24, 2.45) is 16.5 Å². The molecule has 2 amide bonds. The lowest BCUT2D eigenvalue weighted by molar-refractivity contribution is -0.120. The minimum atomic E-state index is -0.460. The van der Waals surface area contributed by atoms with Crippen LogP contribution in [0.2, 0.25) is 0 Å². The number of likely N-dealkylation sites (N-methyl/N-ethyl adjacent to an activating group) is 1. The zero-order valence-electron chi connectivity index (χ0n) is 21.6. The lowest BCUT2D eigenvalue weighted by Crippen LogP contribution is -2.47. The Morgan fingerprint density at radius 3 is 2.16 bits per heavy atom. The molecule has 0 aliphatic carbocycles. The molecule has 196 valence electrons. The smallest absolute Gasteiger partial charge is 0.251 e. The summed E-state index contributed by atoms with van der Waals surface area (Å²) in [6.45, 7) is 1.25. The van der Waals surface area contributed by atoms with Crippen LogP contribution in [0.1, 0.15) is 23.2 Å². The fourth-order valence-corrected chi connectivity index (χ4v) is 4.42. The average molecular weight is 511 g/mol. The number of benzene rings is 4. The number of nitrogens with two attached hydrogens (primary N) is 2. The van der Waals surface area contributed by atoms with Gasteiger partial charge in [0, 0.05) is 37.9 Å². The molecule has 0 fully saturated rings. The Balaban J connectivity index is 1.37. The predicted octanol–water partition coefficient (Wildman–Crippen LogP) is 3.40. The van der Waals surface area contributed by atoms with E-state index in [9.17, 15) is 9.59 Å². The van der Waals surface area contributed by atoms with Crippen molar-refractivity contribution >= 4 is 45.0 Å². The molecule has 8 heteroatoms. The molecule has 0 heterocycles. The minimum absolute atomic E-state index is 0.0329. The van der Waals surface area contributed by atoms with E-state index in [2.05, 4.69) is 15.6 Å². The first kappa shape index (κ1) is 26.6. The summed E-state index contributed by atoms with van der Waals surface area (Å²) >= 11 is 0. The number of hydrogen-bond donors (Lipinski definition) is 4. The topological polar surface area (TPSA) is 126 Å². The number of fused-ring (bicyclic) bond motifs is 2. The van der Waals surface area contributed by atoms with Crippen molar-refractivity contribution < 1.29 is 9.59 Å². The maximum absolute atomic E-state index is 13.5. The van der Waals surface area contributed by atoms with Gasteiger partial charge >= 0.3 is 0 Å². The number of amides is 2. The number of carbonyl (C=O) groups excluding carboxylic acids is 2. The first-order valence-electron chi connectivity index (χ1n) is 12.7. The van der Waals surface area contributed by atoms with E-state index in [1.165, 1.54) is 0 Å². The maximum Gasteiger partial charge on any atom is 0.251 e. The molecule has 0 saturated carbocycles. The van der Waals surface area contributed by atoms with Crippen molar-refractivity contribution in [2.45, 2.75) is 18.9 Å². The molecule has 4 aromatic rings. The number of anilines is 1. The number of carbonyl (C=O) groups is 2. The van der Waals surface area contributed by atoms with Gasteiger partial charge in [-0.1, -0.05) is 60.7 Å². The minimum Gasteiger partial charge on any atom is -0.370 e. The second-order valence-corrected chi connectivity index (χ2v) is 9.20. The Morgan fingerprint density at radius 2 is 1.47 bits per heavy atom. The Labute approximate surface area is 222 Å². The van der Waals surface area contributed by atoms with E-state index in [1.54, 1.807) is 11.9 Å². The van der Waals surface area contributed by atoms with Crippen LogP contribution in [0.15, 0.2) is 89.9 Å². The summed E-state index contributed by atoms with van der Waals surface area (Å²) in [5, 5.41) is 10.5. The summed E-state index contributed by atoms with van der Waals surface area (Å²) in [6, 6.07) is 27.1. The summed E-state index contributed by atoms with van der Waals surface area (Å²) < 4.78 is 0. The van der Waals surface area contributed by atoms with Gasteiger partial charge in [-0.3, -0.25) is 14.6 Å². The van der Waals surface area contributed by atoms with Crippen molar-refractivity contribution in [1.82, 2.24) is 10.6 Å². The molecule has 0 aliphatic heterocycles. The fourth-order valence-electron chi connectivity index (χ4n) is 4.42. The van der Waals surface area contributed by atoms with Crippen LogP contribution in [-0.4, -0.2) is 50.5 Å². The summed E-state index contributed by atoms with van der Waals surface area (Å²) in [6.07, 6.45) is 1.18. The number of rotatable bonds is 11. The number of aliphatic imine (C=N–C) groups is 1. The van der Waals surface area contributed by atoms with Crippen LogP contribution in [0.4, 0.5) is 5.69 Å². The molecule has 0 radical (unpaired) electrons. The lowest BCUT2D eigenvalue weighted by Gasteiger charge is -2.25. The highest BCUT2D eigenvalue weighted by molar-refractivity contribution is 5.99. The van der Waals surface area contributed by atoms with Crippen molar-refractivity contribution in [3.05, 3.63) is 90.5 Å². The van der Waals surface area contributed by atoms with Crippen LogP contribution in [0.25, 0.3) is 21.5 Å². The Kier molecular flexibility index (Phi) is 8.89. The summed E-state index contributed by atoms with van der Waals surface area (Å²) in [7, 11) is 1.78. The van der Waals surface area contributed by atoms with Gasteiger partial charge in [-0.15, -0.1) is 0 Å². The van der Waals surface area contributed by atoms with Crippen LogP contribution in [-0.2, 0) is 4.79 Å². The van der Waals surface area contributed by atoms with Gasteiger partial charge in [-0.25, -0.2) is 0 Å². The summed E-state index contributed by atoms with van der Waals surface area (Å²) in [5.41, 5.74) is 12.3. The third-order valence-corrected chi connectivity index (χ3v) is 6.51. The van der Waals surface area contributed by atoms with E-state index in [1.807, 2.05) is 84.9 Å². The molecule has 6 N–H and O–H groups in total. The van der Waals surface area contributed by atoms with E-state index in [0.29, 0.717) is 38.0 Å². The van der Waals surface area contributed by atoms with Crippen molar-refractivity contribution in [1.29, 1.82) is 0 Å². The van der Waals surface area contributed by atoms with Gasteiger partial charge in [0.2, 0.25) is 5.91 Å². The van der Waals surface area contributed by atoms with E-state index >= 15 is 0 Å². The highest BCUT2D eigenvalue weighted by Crippen LogP contribution is 2.22. The molecule has 8 nitrogen and oxygen atoms in total. The summed E-state index contributed by atoms with van der Waals surface area (Å²) in [5.74, 6) is -0.183. The number of nitrogens with zero attached hydrogens (tertiary/aromatic N) is 2. The highest BCUT2D eigenvalue weighted by Gasteiger charge is 2.22. The average Bonchev–Trinajstić information content (AvgIpc) is 2.94. The third-order valence-electron chi connectivity index (χ3n) is 6.51. The molecule has 0 spiro atoms. The number of hydrogen-bond acceptors (Lipinski definition) is 4. The molecule has 4 aromatic carbocycles. The molecule has 38 heavy (non-hydrogen) atoms. The van der Waals surface area contributed by atoms with Gasteiger partial charge < -0.3 is 27.0 Å². The molecule has 0 unspecified atom stereocenters. The third kappa shape index (κ3) is 6.86. The van der Waals surface area contributed by atoms with Crippen LogP contribution in [0.3, 0.4) is 0 Å². The second-order valence-electron chi connectivity index (χ2n) is 9.20. The van der Waals surface area contributed by atoms with Crippen LogP contribution in [0.5, 0.6) is 0 Å². The van der Waals surface area contributed by atoms with E-state index in [-0.39, 0.29) is 17.8 Å². The zero-order valence-corrected chi connectivity index (χ0v) is 21.6. The van der Waals surface area contributed by atoms with E-state index in [4.69, 9.17) is 11.5 Å². The molecule has 0 bridgehead atoms. The normalized spacial score (nSPS) is 11.7.